The normalized spacial score (nSPS) is 11.2. The lowest BCUT2D eigenvalue weighted by Crippen LogP contribution is -2.25. The molecular weight excluding hydrogens is 419 g/mol. The van der Waals surface area contributed by atoms with Crippen LogP contribution in [-0.4, -0.2) is 20.9 Å². The molecule has 8 heteroatoms. The molecule has 0 fully saturated rings. The molecule has 3 aromatic rings. The van der Waals surface area contributed by atoms with Gasteiger partial charge in [0.15, 0.2) is 0 Å². The van der Waals surface area contributed by atoms with Crippen LogP contribution in [0.1, 0.15) is 28.4 Å². The minimum Gasteiger partial charge on any atom is -0.493 e. The summed E-state index contributed by atoms with van der Waals surface area (Å²) in [5, 5.41) is 2.78. The van der Waals surface area contributed by atoms with Crippen LogP contribution in [0.4, 0.5) is 4.39 Å². The van der Waals surface area contributed by atoms with Gasteiger partial charge in [0.25, 0.3) is 5.91 Å². The summed E-state index contributed by atoms with van der Waals surface area (Å²) in [4.78, 5) is 12.6. The molecule has 0 bridgehead atoms. The maximum absolute atomic E-state index is 13.3. The number of ether oxygens (including phenoxy) is 1. The van der Waals surface area contributed by atoms with Crippen molar-refractivity contribution in [3.63, 3.8) is 0 Å². The van der Waals surface area contributed by atoms with Crippen molar-refractivity contribution in [1.29, 1.82) is 0 Å². The maximum atomic E-state index is 13.3. The zero-order valence-electron chi connectivity index (χ0n) is 17.0. The van der Waals surface area contributed by atoms with Gasteiger partial charge in [0, 0.05) is 13.1 Å². The smallest absolute Gasteiger partial charge is 0.255 e. The van der Waals surface area contributed by atoms with Gasteiger partial charge in [-0.25, -0.2) is 17.5 Å². The first-order valence-electron chi connectivity index (χ1n) is 9.72. The van der Waals surface area contributed by atoms with Gasteiger partial charge < -0.3 is 10.1 Å². The predicted octanol–water partition coefficient (Wildman–Crippen LogP) is 3.63. The fourth-order valence-electron chi connectivity index (χ4n) is 2.94. The molecule has 0 aliphatic rings. The molecule has 0 saturated carbocycles. The predicted molar refractivity (Wildman–Crippen MR) is 116 cm³/mol. The molecule has 162 valence electrons. The number of halogens is 1. The number of amides is 1. The van der Waals surface area contributed by atoms with Crippen molar-refractivity contribution in [2.75, 3.05) is 6.61 Å². The van der Waals surface area contributed by atoms with Crippen LogP contribution in [0.5, 0.6) is 5.75 Å². The highest BCUT2D eigenvalue weighted by atomic mass is 32.2. The molecule has 3 aromatic carbocycles. The van der Waals surface area contributed by atoms with E-state index in [1.54, 1.807) is 42.5 Å². The van der Waals surface area contributed by atoms with Gasteiger partial charge in [0.1, 0.15) is 11.6 Å². The molecular formula is C23H23FN2O4S. The summed E-state index contributed by atoms with van der Waals surface area (Å²) in [6.45, 7) is 2.39. The van der Waals surface area contributed by atoms with Crippen LogP contribution in [0.3, 0.4) is 0 Å². The van der Waals surface area contributed by atoms with E-state index < -0.39 is 15.8 Å². The Morgan fingerprint density at radius 3 is 2.39 bits per heavy atom. The van der Waals surface area contributed by atoms with Crippen molar-refractivity contribution >= 4 is 15.9 Å². The van der Waals surface area contributed by atoms with E-state index in [0.717, 1.165) is 0 Å². The van der Waals surface area contributed by atoms with E-state index in [9.17, 15) is 17.6 Å². The van der Waals surface area contributed by atoms with Gasteiger partial charge in [-0.15, -0.1) is 0 Å². The van der Waals surface area contributed by atoms with E-state index in [0.29, 0.717) is 29.0 Å². The van der Waals surface area contributed by atoms with Crippen LogP contribution in [0.2, 0.25) is 0 Å². The van der Waals surface area contributed by atoms with Crippen LogP contribution in [0.25, 0.3) is 0 Å². The third-order valence-corrected chi connectivity index (χ3v) is 5.85. The summed E-state index contributed by atoms with van der Waals surface area (Å²) in [5.74, 6) is -0.262. The van der Waals surface area contributed by atoms with Crippen molar-refractivity contribution in [1.82, 2.24) is 10.0 Å². The highest BCUT2D eigenvalue weighted by molar-refractivity contribution is 7.89. The lowest BCUT2D eigenvalue weighted by Gasteiger charge is -2.11. The summed E-state index contributed by atoms with van der Waals surface area (Å²) < 4.78 is 46.4. The molecule has 0 heterocycles. The number of carbonyl (C=O) groups is 1. The van der Waals surface area contributed by atoms with Crippen molar-refractivity contribution in [2.24, 2.45) is 0 Å². The third-order valence-electron chi connectivity index (χ3n) is 4.45. The Bertz CT molecular complexity index is 1170. The Balaban J connectivity index is 1.66. The Labute approximate surface area is 181 Å². The molecule has 0 atom stereocenters. The average Bonchev–Trinajstić information content (AvgIpc) is 2.77. The molecule has 0 unspecified atom stereocenters. The molecule has 0 aliphatic heterocycles. The third kappa shape index (κ3) is 6.13. The minimum atomic E-state index is -3.80. The second-order valence-electron chi connectivity index (χ2n) is 6.71. The van der Waals surface area contributed by atoms with Gasteiger partial charge in [-0.1, -0.05) is 36.4 Å². The maximum Gasteiger partial charge on any atom is 0.255 e. The first-order valence-corrected chi connectivity index (χ1v) is 11.2. The highest BCUT2D eigenvalue weighted by Gasteiger charge is 2.15. The molecule has 3 rings (SSSR count). The average molecular weight is 443 g/mol. The van der Waals surface area contributed by atoms with Gasteiger partial charge in [0.05, 0.1) is 17.1 Å². The summed E-state index contributed by atoms with van der Waals surface area (Å²) in [6, 6.07) is 18.9. The topological polar surface area (TPSA) is 84.5 Å². The number of carbonyl (C=O) groups excluding carboxylic acids is 1. The Hall–Kier alpha value is -3.23. The molecule has 6 nitrogen and oxygen atoms in total. The zero-order chi connectivity index (χ0) is 22.3. The number of benzene rings is 3. The van der Waals surface area contributed by atoms with Crippen molar-refractivity contribution < 1.29 is 22.3 Å². The monoisotopic (exact) mass is 442 g/mol. The fourth-order valence-corrected chi connectivity index (χ4v) is 4.03. The molecule has 0 saturated heterocycles. The van der Waals surface area contributed by atoms with E-state index in [1.807, 2.05) is 6.92 Å². The zero-order valence-corrected chi connectivity index (χ0v) is 17.8. The lowest BCUT2D eigenvalue weighted by atomic mass is 10.1. The van der Waals surface area contributed by atoms with E-state index in [1.165, 1.54) is 30.3 Å². The summed E-state index contributed by atoms with van der Waals surface area (Å²) >= 11 is 0. The van der Waals surface area contributed by atoms with Gasteiger partial charge in [-0.2, -0.15) is 0 Å². The number of rotatable bonds is 9. The summed E-state index contributed by atoms with van der Waals surface area (Å²) in [5.41, 5.74) is 1.54. The SMILES string of the molecule is CCOc1ccccc1C(=O)NCc1cccc(S(=O)(=O)NCc2cccc(F)c2)c1. The largest absolute Gasteiger partial charge is 0.493 e. The minimum absolute atomic E-state index is 0.0325. The fraction of sp³-hybridized carbons (Fsp3) is 0.174. The van der Waals surface area contributed by atoms with Crippen molar-refractivity contribution in [2.45, 2.75) is 24.9 Å². The van der Waals surface area contributed by atoms with Gasteiger partial charge in [-0.05, 0) is 54.4 Å². The number of nitrogens with one attached hydrogen (secondary N) is 2. The van der Waals surface area contributed by atoms with Gasteiger partial charge >= 0.3 is 0 Å². The van der Waals surface area contributed by atoms with Crippen molar-refractivity contribution in [3.05, 3.63) is 95.3 Å². The first kappa shape index (κ1) is 22.5. The number of para-hydroxylation sites is 1. The molecule has 0 aromatic heterocycles. The van der Waals surface area contributed by atoms with E-state index in [-0.39, 0.29) is 23.9 Å². The molecule has 2 N–H and O–H groups in total. The lowest BCUT2D eigenvalue weighted by molar-refractivity contribution is 0.0947. The summed E-state index contributed by atoms with van der Waals surface area (Å²) in [7, 11) is -3.80. The molecule has 0 spiro atoms. The van der Waals surface area contributed by atoms with Crippen LogP contribution >= 0.6 is 0 Å². The molecule has 0 radical (unpaired) electrons. The Kier molecular flexibility index (Phi) is 7.38. The van der Waals surface area contributed by atoms with Gasteiger partial charge in [-0.3, -0.25) is 4.79 Å². The van der Waals surface area contributed by atoms with E-state index in [4.69, 9.17) is 4.74 Å². The standard InChI is InChI=1S/C23H23FN2O4S/c1-2-30-22-12-4-3-11-21(22)23(27)25-15-18-8-6-10-20(14-18)31(28,29)26-16-17-7-5-9-19(24)13-17/h3-14,26H,2,15-16H2,1H3,(H,25,27). The van der Waals surface area contributed by atoms with Crippen LogP contribution in [0.15, 0.2) is 77.7 Å². The van der Waals surface area contributed by atoms with Gasteiger partial charge in [0.2, 0.25) is 10.0 Å². The second kappa shape index (κ2) is 10.2. The quantitative estimate of drug-likeness (QED) is 0.530. The molecule has 1 amide bonds. The molecule has 0 aliphatic carbocycles. The highest BCUT2D eigenvalue weighted by Crippen LogP contribution is 2.18. The Morgan fingerprint density at radius 1 is 0.935 bits per heavy atom. The molecule has 31 heavy (non-hydrogen) atoms. The first-order chi connectivity index (χ1) is 14.9. The Morgan fingerprint density at radius 2 is 1.65 bits per heavy atom. The number of hydrogen-bond acceptors (Lipinski definition) is 4. The van der Waals surface area contributed by atoms with Crippen LogP contribution in [-0.2, 0) is 23.1 Å². The van der Waals surface area contributed by atoms with E-state index >= 15 is 0 Å². The number of hydrogen-bond donors (Lipinski definition) is 2. The van der Waals surface area contributed by atoms with Crippen LogP contribution in [0, 0.1) is 5.82 Å². The summed E-state index contributed by atoms with van der Waals surface area (Å²) in [6.07, 6.45) is 0. The van der Waals surface area contributed by atoms with Crippen LogP contribution < -0.4 is 14.8 Å². The van der Waals surface area contributed by atoms with Crippen molar-refractivity contribution in [3.8, 4) is 5.75 Å². The van der Waals surface area contributed by atoms with E-state index in [2.05, 4.69) is 10.0 Å². The second-order valence-corrected chi connectivity index (χ2v) is 8.48. The number of sulfonamides is 1.